The number of ether oxygens (including phenoxy) is 1. The Hall–Kier alpha value is -1.72. The van der Waals surface area contributed by atoms with Crippen molar-refractivity contribution in [2.24, 2.45) is 0 Å². The molecular weight excluding hydrogens is 226 g/mol. The van der Waals surface area contributed by atoms with Gasteiger partial charge in [-0.05, 0) is 33.6 Å². The predicted octanol–water partition coefficient (Wildman–Crippen LogP) is 1.57. The van der Waals surface area contributed by atoms with Crippen LogP contribution in [-0.4, -0.2) is 33.4 Å². The standard InChI is InChI=1S/C11H17NO5/c1-10(2,3)17-9(16)12-11(4-5-11)7(13)6-8(14)15/h6,13H,4-5H2,1-3H3,(H,12,16)(H,14,15). The van der Waals surface area contributed by atoms with E-state index < -0.39 is 23.2 Å². The zero-order valence-corrected chi connectivity index (χ0v) is 10.1. The molecule has 6 nitrogen and oxygen atoms in total. The van der Waals surface area contributed by atoms with Crippen molar-refractivity contribution in [3.05, 3.63) is 11.8 Å². The smallest absolute Gasteiger partial charge is 0.408 e. The molecule has 0 aromatic heterocycles. The molecule has 3 N–H and O–H groups in total. The van der Waals surface area contributed by atoms with Gasteiger partial charge in [0, 0.05) is 0 Å². The number of carboxylic acids is 1. The highest BCUT2D eigenvalue weighted by Crippen LogP contribution is 2.41. The first-order chi connectivity index (χ1) is 7.65. The largest absolute Gasteiger partial charge is 0.510 e. The maximum atomic E-state index is 11.5. The van der Waals surface area contributed by atoms with Gasteiger partial charge in [-0.1, -0.05) is 0 Å². The first-order valence-electron chi connectivity index (χ1n) is 5.30. The van der Waals surface area contributed by atoms with Crippen molar-refractivity contribution in [2.45, 2.75) is 44.8 Å². The highest BCUT2D eigenvalue weighted by molar-refractivity contribution is 5.81. The molecule has 0 aromatic carbocycles. The van der Waals surface area contributed by atoms with Crippen molar-refractivity contribution in [3.63, 3.8) is 0 Å². The summed E-state index contributed by atoms with van der Waals surface area (Å²) in [6.45, 7) is 5.16. The molecule has 1 saturated carbocycles. The van der Waals surface area contributed by atoms with Crippen LogP contribution in [0, 0.1) is 0 Å². The average Bonchev–Trinajstić information content (AvgIpc) is 2.80. The summed E-state index contributed by atoms with van der Waals surface area (Å²) < 4.78 is 5.03. The van der Waals surface area contributed by atoms with Crippen LogP contribution >= 0.6 is 0 Å². The molecule has 0 heterocycles. The van der Waals surface area contributed by atoms with E-state index in [2.05, 4.69) is 5.32 Å². The maximum Gasteiger partial charge on any atom is 0.408 e. The van der Waals surface area contributed by atoms with Gasteiger partial charge in [-0.3, -0.25) is 0 Å². The summed E-state index contributed by atoms with van der Waals surface area (Å²) in [5.41, 5.74) is -1.59. The minimum atomic E-state index is -1.25. The van der Waals surface area contributed by atoms with E-state index in [0.717, 1.165) is 0 Å². The molecule has 17 heavy (non-hydrogen) atoms. The number of alkyl carbamates (subject to hydrolysis) is 1. The number of rotatable bonds is 3. The van der Waals surface area contributed by atoms with E-state index in [9.17, 15) is 14.7 Å². The molecule has 0 aliphatic heterocycles. The topological polar surface area (TPSA) is 95.9 Å². The summed E-state index contributed by atoms with van der Waals surface area (Å²) in [6, 6.07) is 0. The number of carbonyl (C=O) groups excluding carboxylic acids is 1. The van der Waals surface area contributed by atoms with Crippen molar-refractivity contribution in [1.29, 1.82) is 0 Å². The fourth-order valence-corrected chi connectivity index (χ4v) is 1.32. The second-order valence-corrected chi connectivity index (χ2v) is 5.08. The van der Waals surface area contributed by atoms with E-state index in [1.165, 1.54) is 0 Å². The van der Waals surface area contributed by atoms with E-state index in [4.69, 9.17) is 9.84 Å². The van der Waals surface area contributed by atoms with Gasteiger partial charge in [0.05, 0.1) is 6.08 Å². The Labute approximate surface area is 99.3 Å². The van der Waals surface area contributed by atoms with Crippen LogP contribution in [0.1, 0.15) is 33.6 Å². The Morgan fingerprint density at radius 3 is 2.18 bits per heavy atom. The summed E-state index contributed by atoms with van der Waals surface area (Å²) in [7, 11) is 0. The minimum Gasteiger partial charge on any atom is -0.510 e. The van der Waals surface area contributed by atoms with E-state index in [1.54, 1.807) is 20.8 Å². The third-order valence-corrected chi connectivity index (χ3v) is 2.24. The number of amides is 1. The van der Waals surface area contributed by atoms with E-state index in [1.807, 2.05) is 0 Å². The number of carboxylic acid groups (broad SMARTS) is 1. The minimum absolute atomic E-state index is 0.351. The molecule has 0 spiro atoms. The van der Waals surface area contributed by atoms with Crippen molar-refractivity contribution < 1.29 is 24.5 Å². The molecule has 1 fully saturated rings. The monoisotopic (exact) mass is 243 g/mol. The van der Waals surface area contributed by atoms with E-state index in [-0.39, 0.29) is 5.76 Å². The van der Waals surface area contributed by atoms with E-state index >= 15 is 0 Å². The Balaban J connectivity index is 2.63. The summed E-state index contributed by atoms with van der Waals surface area (Å²) in [6.07, 6.45) is 1.02. The van der Waals surface area contributed by atoms with Crippen LogP contribution in [0.2, 0.25) is 0 Å². The van der Waals surface area contributed by atoms with Crippen LogP contribution in [0.5, 0.6) is 0 Å². The van der Waals surface area contributed by atoms with Crippen molar-refractivity contribution in [2.75, 3.05) is 0 Å². The van der Waals surface area contributed by atoms with Gasteiger partial charge < -0.3 is 20.3 Å². The van der Waals surface area contributed by atoms with Crippen molar-refractivity contribution in [1.82, 2.24) is 5.32 Å². The van der Waals surface area contributed by atoms with Crippen LogP contribution in [0.3, 0.4) is 0 Å². The third kappa shape index (κ3) is 3.97. The maximum absolute atomic E-state index is 11.5. The summed E-state index contributed by atoms with van der Waals surface area (Å²) >= 11 is 0. The van der Waals surface area contributed by atoms with Crippen LogP contribution in [0.15, 0.2) is 11.8 Å². The van der Waals surface area contributed by atoms with Crippen LogP contribution < -0.4 is 5.32 Å². The number of nitrogens with one attached hydrogen (secondary N) is 1. The molecule has 1 amide bonds. The normalized spacial score (nSPS) is 18.4. The Morgan fingerprint density at radius 1 is 1.29 bits per heavy atom. The first kappa shape index (κ1) is 13.3. The van der Waals surface area contributed by atoms with Gasteiger partial charge in [0.1, 0.15) is 16.9 Å². The van der Waals surface area contributed by atoms with Gasteiger partial charge >= 0.3 is 12.1 Å². The lowest BCUT2D eigenvalue weighted by atomic mass is 10.2. The molecule has 0 aromatic rings. The van der Waals surface area contributed by atoms with Gasteiger partial charge in [-0.15, -0.1) is 0 Å². The molecule has 0 bridgehead atoms. The summed E-state index contributed by atoms with van der Waals surface area (Å²) in [4.78, 5) is 21.9. The number of carbonyl (C=O) groups is 2. The molecule has 96 valence electrons. The predicted molar refractivity (Wildman–Crippen MR) is 59.7 cm³/mol. The number of hydrogen-bond donors (Lipinski definition) is 3. The van der Waals surface area contributed by atoms with Crippen LogP contribution in [0.25, 0.3) is 0 Å². The molecule has 0 radical (unpaired) electrons. The Kier molecular flexibility index (Phi) is 3.35. The molecule has 0 saturated heterocycles. The molecule has 1 aliphatic carbocycles. The highest BCUT2D eigenvalue weighted by atomic mass is 16.6. The molecule has 6 heteroatoms. The fraction of sp³-hybridized carbons (Fsp3) is 0.636. The second-order valence-electron chi connectivity index (χ2n) is 5.08. The Morgan fingerprint density at radius 2 is 1.82 bits per heavy atom. The molecule has 1 aliphatic rings. The summed E-state index contributed by atoms with van der Waals surface area (Å²) in [5.74, 6) is -1.60. The van der Waals surface area contributed by atoms with E-state index in [0.29, 0.717) is 18.9 Å². The lowest BCUT2D eigenvalue weighted by Crippen LogP contribution is -2.42. The molecule has 0 atom stereocenters. The van der Waals surface area contributed by atoms with Crippen LogP contribution in [0.4, 0.5) is 4.79 Å². The quantitative estimate of drug-likeness (QED) is 0.516. The lowest BCUT2D eigenvalue weighted by Gasteiger charge is -2.23. The zero-order chi connectivity index (χ0) is 13.3. The molecule has 0 unspecified atom stereocenters. The Bertz CT molecular complexity index is 363. The van der Waals surface area contributed by atoms with Crippen LogP contribution in [-0.2, 0) is 9.53 Å². The number of aliphatic hydroxyl groups is 1. The third-order valence-electron chi connectivity index (χ3n) is 2.24. The number of hydrogen-bond acceptors (Lipinski definition) is 4. The molecular formula is C11H17NO5. The van der Waals surface area contributed by atoms with Gasteiger partial charge in [0.15, 0.2) is 0 Å². The molecule has 1 rings (SSSR count). The highest BCUT2D eigenvalue weighted by Gasteiger charge is 2.49. The van der Waals surface area contributed by atoms with Crippen molar-refractivity contribution >= 4 is 12.1 Å². The van der Waals surface area contributed by atoms with Gasteiger partial charge in [0.25, 0.3) is 0 Å². The number of aliphatic carboxylic acids is 1. The van der Waals surface area contributed by atoms with Crippen molar-refractivity contribution in [3.8, 4) is 0 Å². The summed E-state index contributed by atoms with van der Waals surface area (Å²) in [5, 5.41) is 20.6. The zero-order valence-electron chi connectivity index (χ0n) is 10.1. The van der Waals surface area contributed by atoms with Gasteiger partial charge in [-0.25, -0.2) is 9.59 Å². The number of aliphatic hydroxyl groups excluding tert-OH is 1. The fourth-order valence-electron chi connectivity index (χ4n) is 1.32. The average molecular weight is 243 g/mol. The van der Waals surface area contributed by atoms with Gasteiger partial charge in [-0.2, -0.15) is 0 Å². The SMILES string of the molecule is CC(C)(C)OC(=O)NC1(C(O)=CC(=O)O)CC1. The first-order valence-corrected chi connectivity index (χ1v) is 5.30. The lowest BCUT2D eigenvalue weighted by molar-refractivity contribution is -0.131. The second kappa shape index (κ2) is 4.27. The van der Waals surface area contributed by atoms with Gasteiger partial charge in [0.2, 0.25) is 0 Å².